The van der Waals surface area contributed by atoms with Crippen molar-refractivity contribution in [3.8, 4) is 5.75 Å². The average Bonchev–Trinajstić information content (AvgIpc) is 2.90. The highest BCUT2D eigenvalue weighted by Gasteiger charge is 2.10. The van der Waals surface area contributed by atoms with Gasteiger partial charge in [-0.25, -0.2) is 0 Å². The molecule has 1 unspecified atom stereocenters. The van der Waals surface area contributed by atoms with Crippen molar-refractivity contribution < 1.29 is 10.2 Å². The van der Waals surface area contributed by atoms with Crippen LogP contribution in [0.1, 0.15) is 25.0 Å². The van der Waals surface area contributed by atoms with Crippen molar-refractivity contribution >= 4 is 12.4 Å². The summed E-state index contributed by atoms with van der Waals surface area (Å²) in [6.45, 7) is 8.51. The van der Waals surface area contributed by atoms with E-state index in [1.807, 2.05) is 24.3 Å². The minimum atomic E-state index is -0.663. The van der Waals surface area contributed by atoms with Crippen LogP contribution in [0.2, 0.25) is 0 Å². The number of likely N-dealkylation sites (N-methyl/N-ethyl adjacent to an activating group) is 1. The maximum absolute atomic E-state index is 10.3. The molecule has 2 rings (SSSR count). The molecule has 0 bridgehead atoms. The van der Waals surface area contributed by atoms with Crippen molar-refractivity contribution in [2.24, 2.45) is 15.7 Å². The Hall–Kier alpha value is -2.54. The summed E-state index contributed by atoms with van der Waals surface area (Å²) in [4.78, 5) is 11.1. The number of hydrogen-bond acceptors (Lipinski definition) is 6. The van der Waals surface area contributed by atoms with Crippen LogP contribution in [-0.4, -0.2) is 66.4 Å². The van der Waals surface area contributed by atoms with Gasteiger partial charge >= 0.3 is 0 Å². The maximum Gasteiger partial charge on any atom is 0.124 e. The van der Waals surface area contributed by atoms with E-state index < -0.39 is 6.10 Å². The van der Waals surface area contributed by atoms with E-state index in [0.717, 1.165) is 36.3 Å². The quantitative estimate of drug-likeness (QED) is 0.418. The number of hydrogen-bond donors (Lipinski definition) is 3. The van der Waals surface area contributed by atoms with Crippen molar-refractivity contribution in [2.45, 2.75) is 26.5 Å². The molecule has 0 heterocycles. The lowest BCUT2D eigenvalue weighted by Crippen LogP contribution is -2.25. The van der Waals surface area contributed by atoms with Gasteiger partial charge in [0.2, 0.25) is 0 Å². The van der Waals surface area contributed by atoms with Crippen LogP contribution in [0.25, 0.3) is 0 Å². The molecule has 156 valence electrons. The Morgan fingerprint density at radius 1 is 1.14 bits per heavy atom. The fraction of sp³-hybridized carbons (Fsp3) is 0.391. The van der Waals surface area contributed by atoms with E-state index in [9.17, 15) is 10.2 Å². The van der Waals surface area contributed by atoms with Gasteiger partial charge in [-0.05, 0) is 36.4 Å². The second-order valence-corrected chi connectivity index (χ2v) is 6.84. The van der Waals surface area contributed by atoms with Crippen molar-refractivity contribution in [3.63, 3.8) is 0 Å². The molecule has 1 aliphatic carbocycles. The second kappa shape index (κ2) is 12.1. The minimum Gasteiger partial charge on any atom is -0.507 e. The van der Waals surface area contributed by atoms with Gasteiger partial charge in [-0.1, -0.05) is 44.2 Å². The number of phenolic OH excluding ortho intramolecular Hbond substituents is 1. The molecule has 6 nitrogen and oxygen atoms in total. The summed E-state index contributed by atoms with van der Waals surface area (Å²) in [5, 5.41) is 20.2. The molecule has 0 radical (unpaired) electrons. The standard InChI is InChI=1S/C23H32N4O2/c1-3-27(4-2)17-19-6-5-7-22(28)21(13-19)16-26-11-10-25-15-20-12-18(14-24)8-9-23(20)29/h5-9,12-13,15-16,22,28-29H,3-4,10-11,14,17,24H2,1-2H3. The van der Waals surface area contributed by atoms with E-state index >= 15 is 0 Å². The third-order valence-electron chi connectivity index (χ3n) is 4.75. The Morgan fingerprint density at radius 3 is 2.55 bits per heavy atom. The van der Waals surface area contributed by atoms with E-state index in [1.165, 1.54) is 0 Å². The third kappa shape index (κ3) is 7.42. The molecule has 0 amide bonds. The summed E-state index contributed by atoms with van der Waals surface area (Å²) in [7, 11) is 0. The Labute approximate surface area is 173 Å². The lowest BCUT2D eigenvalue weighted by atomic mass is 10.1. The van der Waals surface area contributed by atoms with Crippen molar-refractivity contribution in [2.75, 3.05) is 32.7 Å². The zero-order valence-electron chi connectivity index (χ0n) is 17.3. The fourth-order valence-corrected chi connectivity index (χ4v) is 2.94. The predicted octanol–water partition coefficient (Wildman–Crippen LogP) is 2.47. The SMILES string of the molecule is CCN(CC)CC1=CC=CC(O)C(C=NCCN=Cc2cc(CN)ccc2O)=C1. The number of allylic oxidation sites excluding steroid dienone is 2. The molecule has 0 fully saturated rings. The Bertz CT molecular complexity index is 805. The van der Waals surface area contributed by atoms with Crippen LogP contribution in [0.4, 0.5) is 0 Å². The smallest absolute Gasteiger partial charge is 0.124 e. The topological polar surface area (TPSA) is 94.4 Å². The number of rotatable bonds is 10. The van der Waals surface area contributed by atoms with Crippen molar-refractivity contribution in [1.29, 1.82) is 0 Å². The highest BCUT2D eigenvalue weighted by molar-refractivity contribution is 5.84. The number of aliphatic imine (C=N–C) groups is 2. The number of nitrogens with two attached hydrogens (primary N) is 1. The van der Waals surface area contributed by atoms with Gasteiger partial charge < -0.3 is 15.9 Å². The van der Waals surface area contributed by atoms with E-state index in [2.05, 4.69) is 28.7 Å². The van der Waals surface area contributed by atoms with Gasteiger partial charge in [0, 0.05) is 36.7 Å². The van der Waals surface area contributed by atoms with Gasteiger partial charge in [-0.3, -0.25) is 14.9 Å². The summed E-state index contributed by atoms with van der Waals surface area (Å²) < 4.78 is 0. The van der Waals surface area contributed by atoms with E-state index in [1.54, 1.807) is 30.6 Å². The number of benzene rings is 1. The molecule has 0 spiro atoms. The van der Waals surface area contributed by atoms with E-state index in [4.69, 9.17) is 5.73 Å². The first-order chi connectivity index (χ1) is 14.1. The predicted molar refractivity (Wildman–Crippen MR) is 121 cm³/mol. The first-order valence-corrected chi connectivity index (χ1v) is 10.1. The molecule has 4 N–H and O–H groups in total. The normalized spacial score (nSPS) is 17.2. The summed E-state index contributed by atoms with van der Waals surface area (Å²) in [6.07, 6.45) is 10.4. The van der Waals surface area contributed by atoms with E-state index in [-0.39, 0.29) is 5.75 Å². The van der Waals surface area contributed by atoms with Crippen LogP contribution in [-0.2, 0) is 6.54 Å². The molecule has 6 heteroatoms. The fourth-order valence-electron chi connectivity index (χ4n) is 2.94. The molecule has 0 saturated carbocycles. The number of nitrogens with zero attached hydrogens (tertiary/aromatic N) is 3. The molecular formula is C23H32N4O2. The zero-order valence-corrected chi connectivity index (χ0v) is 17.3. The minimum absolute atomic E-state index is 0.181. The monoisotopic (exact) mass is 396 g/mol. The van der Waals surface area contributed by atoms with Crippen LogP contribution in [0.3, 0.4) is 0 Å². The number of phenols is 1. The summed E-state index contributed by atoms with van der Waals surface area (Å²) in [6, 6.07) is 5.24. The molecule has 0 saturated heterocycles. The first kappa shape index (κ1) is 22.7. The van der Waals surface area contributed by atoms with Gasteiger partial charge in [0.05, 0.1) is 19.2 Å². The van der Waals surface area contributed by atoms with Crippen LogP contribution >= 0.6 is 0 Å². The molecule has 1 aliphatic rings. The highest BCUT2D eigenvalue weighted by atomic mass is 16.3. The zero-order chi connectivity index (χ0) is 21.1. The molecule has 0 aromatic heterocycles. The van der Waals surface area contributed by atoms with Crippen LogP contribution < -0.4 is 5.73 Å². The number of aliphatic hydroxyl groups excluding tert-OH is 1. The van der Waals surface area contributed by atoms with E-state index in [0.29, 0.717) is 25.2 Å². The van der Waals surface area contributed by atoms with Crippen molar-refractivity contribution in [3.05, 3.63) is 64.8 Å². The third-order valence-corrected chi connectivity index (χ3v) is 4.75. The van der Waals surface area contributed by atoms with Gasteiger partial charge in [0.25, 0.3) is 0 Å². The van der Waals surface area contributed by atoms with Gasteiger partial charge in [-0.2, -0.15) is 0 Å². The maximum atomic E-state index is 10.3. The Kier molecular flexibility index (Phi) is 9.50. The van der Waals surface area contributed by atoms with Crippen molar-refractivity contribution in [1.82, 2.24) is 4.90 Å². The largest absolute Gasteiger partial charge is 0.507 e. The molecular weight excluding hydrogens is 364 g/mol. The summed E-state index contributed by atoms with van der Waals surface area (Å²) in [5.41, 5.74) is 9.14. The lowest BCUT2D eigenvalue weighted by molar-refractivity contribution is 0.266. The number of aromatic hydroxyl groups is 1. The molecule has 0 aliphatic heterocycles. The second-order valence-electron chi connectivity index (χ2n) is 6.84. The summed E-state index contributed by atoms with van der Waals surface area (Å²) >= 11 is 0. The molecule has 29 heavy (non-hydrogen) atoms. The van der Waals surface area contributed by atoms with Crippen LogP contribution in [0, 0.1) is 0 Å². The molecule has 1 aromatic rings. The van der Waals surface area contributed by atoms with Gasteiger partial charge in [0.15, 0.2) is 0 Å². The van der Waals surface area contributed by atoms with Crippen LogP contribution in [0.15, 0.2) is 63.6 Å². The van der Waals surface area contributed by atoms with Gasteiger partial charge in [0.1, 0.15) is 5.75 Å². The van der Waals surface area contributed by atoms with Crippen LogP contribution in [0.5, 0.6) is 5.75 Å². The number of aliphatic hydroxyl groups is 1. The lowest BCUT2D eigenvalue weighted by Gasteiger charge is -2.18. The molecule has 1 aromatic carbocycles. The molecule has 1 atom stereocenters. The first-order valence-electron chi connectivity index (χ1n) is 10.1. The highest BCUT2D eigenvalue weighted by Crippen LogP contribution is 2.16. The summed E-state index contributed by atoms with van der Waals surface area (Å²) in [5.74, 6) is 0.181. The Morgan fingerprint density at radius 2 is 1.86 bits per heavy atom. The Balaban J connectivity index is 1.93. The average molecular weight is 397 g/mol. The van der Waals surface area contributed by atoms with Gasteiger partial charge in [-0.15, -0.1) is 0 Å².